The molecule has 0 saturated heterocycles. The highest BCUT2D eigenvalue weighted by Gasteiger charge is 2.36. The average Bonchev–Trinajstić information content (AvgIpc) is 2.76. The van der Waals surface area contributed by atoms with Gasteiger partial charge in [-0.05, 0) is 57.0 Å². The van der Waals surface area contributed by atoms with Gasteiger partial charge in [0.05, 0.1) is 17.7 Å². The lowest BCUT2D eigenvalue weighted by Crippen LogP contribution is -2.48. The summed E-state index contributed by atoms with van der Waals surface area (Å²) in [6.07, 6.45) is 0.480. The number of carbonyl (C=O) groups is 3. The van der Waals surface area contributed by atoms with Gasteiger partial charge in [0.2, 0.25) is 0 Å². The van der Waals surface area contributed by atoms with E-state index in [1.165, 1.54) is 0 Å². The Kier molecular flexibility index (Phi) is 7.30. The second-order valence-corrected chi connectivity index (χ2v) is 7.93. The van der Waals surface area contributed by atoms with Crippen molar-refractivity contribution in [3.8, 4) is 0 Å². The smallest absolute Gasteiger partial charge is 0.338 e. The van der Waals surface area contributed by atoms with E-state index in [1.54, 1.807) is 74.2 Å². The normalized spacial score (nSPS) is 16.1. The molecule has 3 amide bonds. The zero-order valence-corrected chi connectivity index (χ0v) is 18.8. The maximum atomic E-state index is 12.9. The molecule has 2 N–H and O–H groups in total. The first-order chi connectivity index (χ1) is 15.3. The van der Waals surface area contributed by atoms with Gasteiger partial charge in [-0.3, -0.25) is 9.69 Å². The number of nitrogens with one attached hydrogen (secondary N) is 2. The molecule has 2 aromatic carbocycles. The molecule has 7 nitrogen and oxygen atoms in total. The van der Waals surface area contributed by atoms with Gasteiger partial charge in [-0.2, -0.15) is 0 Å². The molecule has 0 radical (unpaired) electrons. The Balaban J connectivity index is 1.88. The van der Waals surface area contributed by atoms with Crippen molar-refractivity contribution in [3.63, 3.8) is 0 Å². The highest BCUT2D eigenvalue weighted by atomic mass is 16.5. The average molecular weight is 436 g/mol. The molecule has 1 atom stereocenters. The molecule has 1 aliphatic rings. The van der Waals surface area contributed by atoms with Gasteiger partial charge < -0.3 is 15.4 Å². The minimum atomic E-state index is -0.638. The van der Waals surface area contributed by atoms with Crippen LogP contribution in [0.15, 0.2) is 65.9 Å². The van der Waals surface area contributed by atoms with Crippen LogP contribution in [-0.4, -0.2) is 35.5 Å². The molecule has 0 aliphatic carbocycles. The van der Waals surface area contributed by atoms with Crippen molar-refractivity contribution in [3.05, 3.63) is 77.0 Å². The summed E-state index contributed by atoms with van der Waals surface area (Å²) in [5.74, 6) is -0.665. The molecule has 0 saturated carbocycles. The molecule has 3 rings (SSSR count). The number of ether oxygens (including phenoxy) is 1. The van der Waals surface area contributed by atoms with E-state index in [1.807, 2.05) is 13.0 Å². The fraction of sp³-hybridized carbons (Fsp3) is 0.320. The van der Waals surface area contributed by atoms with Crippen molar-refractivity contribution in [1.82, 2.24) is 10.2 Å². The van der Waals surface area contributed by atoms with Crippen molar-refractivity contribution < 1.29 is 19.1 Å². The maximum absolute atomic E-state index is 12.9. The minimum absolute atomic E-state index is 0.212. The molecule has 32 heavy (non-hydrogen) atoms. The van der Waals surface area contributed by atoms with Crippen LogP contribution in [0.5, 0.6) is 0 Å². The monoisotopic (exact) mass is 435 g/mol. The molecular formula is C25H29N3O4. The quantitative estimate of drug-likeness (QED) is 0.620. The van der Waals surface area contributed by atoms with Gasteiger partial charge in [-0.1, -0.05) is 37.3 Å². The van der Waals surface area contributed by atoms with Crippen LogP contribution >= 0.6 is 0 Å². The summed E-state index contributed by atoms with van der Waals surface area (Å²) in [7, 11) is 0. The Morgan fingerprint density at radius 3 is 2.34 bits per heavy atom. The topological polar surface area (TPSA) is 87.7 Å². The Morgan fingerprint density at radius 1 is 1.09 bits per heavy atom. The zero-order valence-electron chi connectivity index (χ0n) is 18.8. The van der Waals surface area contributed by atoms with Crippen LogP contribution in [0.2, 0.25) is 0 Å². The second kappa shape index (κ2) is 10.1. The Hall–Kier alpha value is -3.61. The number of nitrogens with zero attached hydrogens (tertiary/aromatic N) is 1. The van der Waals surface area contributed by atoms with Crippen LogP contribution in [-0.2, 0) is 9.53 Å². The molecule has 0 bridgehead atoms. The van der Waals surface area contributed by atoms with E-state index in [9.17, 15) is 14.4 Å². The second-order valence-electron chi connectivity index (χ2n) is 7.93. The SMILES string of the molecule is CCCN1C(=O)NC(c2ccc(NC(=O)c3ccccc3)cc2)C(C(=O)OC(C)C)=C1C. The number of benzene rings is 2. The van der Waals surface area contributed by atoms with Crippen LogP contribution in [0.4, 0.5) is 10.5 Å². The first-order valence-corrected chi connectivity index (χ1v) is 10.8. The van der Waals surface area contributed by atoms with Gasteiger partial charge in [0.15, 0.2) is 0 Å². The van der Waals surface area contributed by atoms with E-state index in [0.29, 0.717) is 29.1 Å². The minimum Gasteiger partial charge on any atom is -0.459 e. The highest BCUT2D eigenvalue weighted by Crippen LogP contribution is 2.32. The number of amides is 3. The van der Waals surface area contributed by atoms with Crippen LogP contribution in [0.1, 0.15) is 56.1 Å². The van der Waals surface area contributed by atoms with Crippen molar-refractivity contribution in [2.24, 2.45) is 0 Å². The summed E-state index contributed by atoms with van der Waals surface area (Å²) in [6.45, 7) is 7.83. The van der Waals surface area contributed by atoms with Crippen LogP contribution in [0.25, 0.3) is 0 Å². The molecule has 0 fully saturated rings. The fourth-order valence-corrected chi connectivity index (χ4v) is 3.62. The van der Waals surface area contributed by atoms with Gasteiger partial charge in [0, 0.05) is 23.5 Å². The van der Waals surface area contributed by atoms with E-state index in [0.717, 1.165) is 12.0 Å². The molecule has 7 heteroatoms. The molecule has 1 heterocycles. The van der Waals surface area contributed by atoms with E-state index in [2.05, 4.69) is 10.6 Å². The molecular weight excluding hydrogens is 406 g/mol. The molecule has 2 aromatic rings. The predicted octanol–water partition coefficient (Wildman–Crippen LogP) is 4.64. The largest absolute Gasteiger partial charge is 0.459 e. The first-order valence-electron chi connectivity index (χ1n) is 10.8. The Morgan fingerprint density at radius 2 is 1.75 bits per heavy atom. The standard InChI is InChI=1S/C25H29N3O4/c1-5-15-28-17(4)21(24(30)32-16(2)3)22(27-25(28)31)18-11-13-20(14-12-18)26-23(29)19-9-7-6-8-10-19/h6-14,16,22H,5,15H2,1-4H3,(H,26,29)(H,27,31). The third-order valence-corrected chi connectivity index (χ3v) is 5.14. The summed E-state index contributed by atoms with van der Waals surface area (Å²) >= 11 is 0. The molecule has 0 spiro atoms. The molecule has 0 aromatic heterocycles. The molecule has 1 unspecified atom stereocenters. The maximum Gasteiger partial charge on any atom is 0.338 e. The Labute approximate surface area is 188 Å². The number of urea groups is 1. The zero-order chi connectivity index (χ0) is 23.3. The lowest BCUT2D eigenvalue weighted by atomic mass is 9.94. The lowest BCUT2D eigenvalue weighted by molar-refractivity contribution is -0.143. The van der Waals surface area contributed by atoms with Crippen LogP contribution < -0.4 is 10.6 Å². The first kappa shape index (κ1) is 23.1. The number of anilines is 1. The highest BCUT2D eigenvalue weighted by molar-refractivity contribution is 6.04. The Bertz CT molecular complexity index is 1010. The van der Waals surface area contributed by atoms with Gasteiger partial charge >= 0.3 is 12.0 Å². The molecule has 1 aliphatic heterocycles. The van der Waals surface area contributed by atoms with Crippen molar-refractivity contribution >= 4 is 23.6 Å². The van der Waals surface area contributed by atoms with E-state index in [4.69, 9.17) is 4.74 Å². The van der Waals surface area contributed by atoms with E-state index >= 15 is 0 Å². The number of allylic oxidation sites excluding steroid dienone is 1. The van der Waals surface area contributed by atoms with Crippen LogP contribution in [0.3, 0.4) is 0 Å². The molecule has 168 valence electrons. The predicted molar refractivity (Wildman–Crippen MR) is 123 cm³/mol. The number of rotatable bonds is 7. The number of carbonyl (C=O) groups excluding carboxylic acids is 3. The number of hydrogen-bond donors (Lipinski definition) is 2. The van der Waals surface area contributed by atoms with Gasteiger partial charge in [0.1, 0.15) is 0 Å². The summed E-state index contributed by atoms with van der Waals surface area (Å²) in [4.78, 5) is 39.6. The lowest BCUT2D eigenvalue weighted by Gasteiger charge is -2.35. The van der Waals surface area contributed by atoms with E-state index < -0.39 is 12.0 Å². The third kappa shape index (κ3) is 5.17. The van der Waals surface area contributed by atoms with E-state index in [-0.39, 0.29) is 18.0 Å². The summed E-state index contributed by atoms with van der Waals surface area (Å²) < 4.78 is 5.47. The van der Waals surface area contributed by atoms with Gasteiger partial charge in [-0.25, -0.2) is 9.59 Å². The van der Waals surface area contributed by atoms with Crippen molar-refractivity contribution in [2.45, 2.75) is 46.3 Å². The van der Waals surface area contributed by atoms with Gasteiger partial charge in [-0.15, -0.1) is 0 Å². The third-order valence-electron chi connectivity index (χ3n) is 5.14. The summed E-state index contributed by atoms with van der Waals surface area (Å²) in [5.41, 5.74) is 2.90. The number of hydrogen-bond acceptors (Lipinski definition) is 4. The fourth-order valence-electron chi connectivity index (χ4n) is 3.62. The van der Waals surface area contributed by atoms with Crippen molar-refractivity contribution in [1.29, 1.82) is 0 Å². The summed E-state index contributed by atoms with van der Waals surface area (Å²) in [6, 6.07) is 15.1. The van der Waals surface area contributed by atoms with Gasteiger partial charge in [0.25, 0.3) is 5.91 Å². The summed E-state index contributed by atoms with van der Waals surface area (Å²) in [5, 5.41) is 5.78. The van der Waals surface area contributed by atoms with Crippen LogP contribution in [0, 0.1) is 0 Å². The number of esters is 1. The van der Waals surface area contributed by atoms with Crippen molar-refractivity contribution in [2.75, 3.05) is 11.9 Å².